The van der Waals surface area contributed by atoms with Gasteiger partial charge in [0.05, 0.1) is 6.54 Å². The minimum atomic E-state index is -0.606. The monoisotopic (exact) mass is 303 g/mol. The quantitative estimate of drug-likeness (QED) is 0.616. The molecule has 0 bridgehead atoms. The molecule has 0 aliphatic heterocycles. The van der Waals surface area contributed by atoms with E-state index in [2.05, 4.69) is 25.1 Å². The van der Waals surface area contributed by atoms with Gasteiger partial charge < -0.3 is 14.8 Å². The molecule has 118 valence electrons. The van der Waals surface area contributed by atoms with Crippen LogP contribution >= 0.6 is 0 Å². The summed E-state index contributed by atoms with van der Waals surface area (Å²) in [5.41, 5.74) is 2.06. The van der Waals surface area contributed by atoms with Crippen LogP contribution in [0, 0.1) is 19.3 Å². The molecule has 0 heterocycles. The molecule has 0 radical (unpaired) electrons. The lowest BCUT2D eigenvalue weighted by Gasteiger charge is -2.12. The summed E-state index contributed by atoms with van der Waals surface area (Å²) in [7, 11) is 0. The number of rotatable bonds is 7. The fraction of sp³-hybridized carbons (Fsp3) is 0.412. The molecule has 22 heavy (non-hydrogen) atoms. The van der Waals surface area contributed by atoms with E-state index in [-0.39, 0.29) is 19.8 Å². The summed E-state index contributed by atoms with van der Waals surface area (Å²) in [4.78, 5) is 22.8. The maximum absolute atomic E-state index is 11.6. The van der Waals surface area contributed by atoms with Crippen LogP contribution in [0.4, 0.5) is 0 Å². The van der Waals surface area contributed by atoms with Crippen LogP contribution in [0.5, 0.6) is 5.75 Å². The number of carbonyl (C=O) groups excluding carboxylic acids is 2. The Bertz CT molecular complexity index is 573. The van der Waals surface area contributed by atoms with Gasteiger partial charge in [0.15, 0.2) is 13.2 Å². The first-order valence-corrected chi connectivity index (χ1v) is 7.03. The summed E-state index contributed by atoms with van der Waals surface area (Å²) in [5.74, 6) is 2.22. The molecule has 0 aliphatic carbocycles. The van der Waals surface area contributed by atoms with E-state index in [4.69, 9.17) is 15.9 Å². The van der Waals surface area contributed by atoms with Crippen molar-refractivity contribution < 1.29 is 19.1 Å². The Morgan fingerprint density at radius 1 is 1.32 bits per heavy atom. The van der Waals surface area contributed by atoms with Gasteiger partial charge in [0.2, 0.25) is 0 Å². The number of terminal acetylenes is 1. The lowest BCUT2D eigenvalue weighted by Crippen LogP contribution is -2.30. The van der Waals surface area contributed by atoms with E-state index in [1.165, 1.54) is 0 Å². The van der Waals surface area contributed by atoms with Crippen molar-refractivity contribution in [3.63, 3.8) is 0 Å². The van der Waals surface area contributed by atoms with Crippen molar-refractivity contribution in [3.8, 4) is 18.1 Å². The summed E-state index contributed by atoms with van der Waals surface area (Å²) < 4.78 is 10.3. The van der Waals surface area contributed by atoms with Gasteiger partial charge in [-0.2, -0.15) is 0 Å². The molecular weight excluding hydrogens is 282 g/mol. The Morgan fingerprint density at radius 2 is 2.05 bits per heavy atom. The van der Waals surface area contributed by atoms with Crippen LogP contribution < -0.4 is 10.1 Å². The molecule has 0 spiro atoms. The Hall–Kier alpha value is -2.48. The lowest BCUT2D eigenvalue weighted by atomic mass is 10.0. The largest absolute Gasteiger partial charge is 0.482 e. The van der Waals surface area contributed by atoms with E-state index in [1.54, 1.807) is 0 Å². The zero-order valence-corrected chi connectivity index (χ0v) is 13.1. The van der Waals surface area contributed by atoms with Gasteiger partial charge in [0, 0.05) is 0 Å². The Labute approximate surface area is 131 Å². The summed E-state index contributed by atoms with van der Waals surface area (Å²) in [6, 6.07) is 5.89. The van der Waals surface area contributed by atoms with E-state index in [9.17, 15) is 9.59 Å². The third kappa shape index (κ3) is 5.88. The molecule has 1 aromatic rings. The minimum absolute atomic E-state index is 0.105. The number of nitrogens with one attached hydrogen (secondary N) is 1. The Kier molecular flexibility index (Phi) is 6.97. The third-order valence-electron chi connectivity index (χ3n) is 2.98. The van der Waals surface area contributed by atoms with Crippen molar-refractivity contribution in [2.24, 2.45) is 0 Å². The van der Waals surface area contributed by atoms with E-state index < -0.39 is 11.9 Å². The number of esters is 1. The van der Waals surface area contributed by atoms with Crippen LogP contribution in [0.15, 0.2) is 18.2 Å². The van der Waals surface area contributed by atoms with E-state index >= 15 is 0 Å². The molecule has 0 unspecified atom stereocenters. The zero-order valence-electron chi connectivity index (χ0n) is 13.1. The molecule has 0 fully saturated rings. The van der Waals surface area contributed by atoms with Gasteiger partial charge in [-0.05, 0) is 30.0 Å². The molecule has 5 nitrogen and oxygen atoms in total. The second kappa shape index (κ2) is 8.73. The fourth-order valence-electron chi connectivity index (χ4n) is 1.66. The number of hydrogen-bond acceptors (Lipinski definition) is 4. The molecule has 0 saturated heterocycles. The van der Waals surface area contributed by atoms with Crippen molar-refractivity contribution in [1.29, 1.82) is 0 Å². The van der Waals surface area contributed by atoms with Gasteiger partial charge in [-0.1, -0.05) is 31.9 Å². The number of hydrogen-bond donors (Lipinski definition) is 1. The molecule has 0 atom stereocenters. The normalized spacial score (nSPS) is 9.95. The number of ether oxygens (including phenoxy) is 2. The third-order valence-corrected chi connectivity index (χ3v) is 2.98. The number of carbonyl (C=O) groups is 2. The highest BCUT2D eigenvalue weighted by Crippen LogP contribution is 2.24. The minimum Gasteiger partial charge on any atom is -0.482 e. The molecule has 0 saturated carbocycles. The molecule has 0 aromatic heterocycles. The molecule has 5 heteroatoms. The second-order valence-corrected chi connectivity index (χ2v) is 5.11. The molecule has 1 rings (SSSR count). The SMILES string of the molecule is C#CCNC(=O)COC(=O)COc1cc(C(C)C)ccc1C. The molecule has 0 aliphatic rings. The van der Waals surface area contributed by atoms with Gasteiger partial charge in [-0.3, -0.25) is 4.79 Å². The van der Waals surface area contributed by atoms with Gasteiger partial charge in [-0.15, -0.1) is 6.42 Å². The average Bonchev–Trinajstić information content (AvgIpc) is 2.49. The summed E-state index contributed by atoms with van der Waals surface area (Å²) in [5, 5.41) is 2.40. The fourth-order valence-corrected chi connectivity index (χ4v) is 1.66. The van der Waals surface area contributed by atoms with Gasteiger partial charge in [0.1, 0.15) is 5.75 Å². The van der Waals surface area contributed by atoms with Crippen LogP contribution in [-0.2, 0) is 14.3 Å². The smallest absolute Gasteiger partial charge is 0.344 e. The van der Waals surface area contributed by atoms with Crippen LogP contribution in [0.25, 0.3) is 0 Å². The lowest BCUT2D eigenvalue weighted by molar-refractivity contribution is -0.150. The van der Waals surface area contributed by atoms with Crippen molar-refractivity contribution in [3.05, 3.63) is 29.3 Å². The predicted octanol–water partition coefficient (Wildman–Crippen LogP) is 1.79. The van der Waals surface area contributed by atoms with Crippen LogP contribution in [0.2, 0.25) is 0 Å². The van der Waals surface area contributed by atoms with Gasteiger partial charge >= 0.3 is 5.97 Å². The second-order valence-electron chi connectivity index (χ2n) is 5.11. The highest BCUT2D eigenvalue weighted by atomic mass is 16.6. The van der Waals surface area contributed by atoms with Gasteiger partial charge in [0.25, 0.3) is 5.91 Å². The van der Waals surface area contributed by atoms with E-state index in [0.717, 1.165) is 11.1 Å². The van der Waals surface area contributed by atoms with E-state index in [0.29, 0.717) is 11.7 Å². The average molecular weight is 303 g/mol. The van der Waals surface area contributed by atoms with Crippen molar-refractivity contribution in [2.45, 2.75) is 26.7 Å². The standard InChI is InChI=1S/C17H21NO4/c1-5-8-18-16(19)10-22-17(20)11-21-15-9-14(12(2)3)7-6-13(15)4/h1,6-7,9,12H,8,10-11H2,2-4H3,(H,18,19). The molecule has 1 N–H and O–H groups in total. The summed E-state index contributed by atoms with van der Waals surface area (Å²) in [6.07, 6.45) is 5.00. The Balaban J connectivity index is 2.46. The van der Waals surface area contributed by atoms with Gasteiger partial charge in [-0.25, -0.2) is 4.79 Å². The zero-order chi connectivity index (χ0) is 16.5. The van der Waals surface area contributed by atoms with Crippen molar-refractivity contribution >= 4 is 11.9 Å². The Morgan fingerprint density at radius 3 is 2.68 bits per heavy atom. The molecular formula is C17H21NO4. The summed E-state index contributed by atoms with van der Waals surface area (Å²) >= 11 is 0. The van der Waals surface area contributed by atoms with Crippen LogP contribution in [0.3, 0.4) is 0 Å². The maximum atomic E-state index is 11.6. The highest BCUT2D eigenvalue weighted by Gasteiger charge is 2.10. The number of aryl methyl sites for hydroxylation is 1. The predicted molar refractivity (Wildman–Crippen MR) is 83.6 cm³/mol. The first kappa shape index (κ1) is 17.6. The van der Waals surface area contributed by atoms with Crippen LogP contribution in [0.1, 0.15) is 30.9 Å². The van der Waals surface area contributed by atoms with Crippen molar-refractivity contribution in [1.82, 2.24) is 5.32 Å². The first-order valence-electron chi connectivity index (χ1n) is 7.03. The molecule has 1 amide bonds. The number of benzene rings is 1. The first-order chi connectivity index (χ1) is 10.4. The topological polar surface area (TPSA) is 64.6 Å². The highest BCUT2D eigenvalue weighted by molar-refractivity contribution is 5.81. The van der Waals surface area contributed by atoms with Crippen LogP contribution in [-0.4, -0.2) is 31.6 Å². The van der Waals surface area contributed by atoms with E-state index in [1.807, 2.05) is 25.1 Å². The van der Waals surface area contributed by atoms with Crippen molar-refractivity contribution in [2.75, 3.05) is 19.8 Å². The summed E-state index contributed by atoms with van der Waals surface area (Å²) in [6.45, 7) is 5.56. The maximum Gasteiger partial charge on any atom is 0.344 e. The molecule has 1 aromatic carbocycles. The number of amides is 1.